The van der Waals surface area contributed by atoms with Crippen molar-refractivity contribution < 1.29 is 17.9 Å². The lowest BCUT2D eigenvalue weighted by Crippen LogP contribution is -2.28. The predicted octanol–water partition coefficient (Wildman–Crippen LogP) is 2.37. The summed E-state index contributed by atoms with van der Waals surface area (Å²) in [4.78, 5) is 12.4. The third-order valence-electron chi connectivity index (χ3n) is 4.36. The van der Waals surface area contributed by atoms with Crippen molar-refractivity contribution in [3.05, 3.63) is 54.1 Å². The van der Waals surface area contributed by atoms with Crippen LogP contribution < -0.4 is 20.1 Å². The van der Waals surface area contributed by atoms with Crippen molar-refractivity contribution in [3.63, 3.8) is 0 Å². The molecule has 2 aromatic rings. The van der Waals surface area contributed by atoms with Crippen LogP contribution in [0.1, 0.15) is 29.6 Å². The number of nitrogens with one attached hydrogen (secondary N) is 3. The van der Waals surface area contributed by atoms with Crippen LogP contribution in [0.3, 0.4) is 0 Å². The quantitative estimate of drug-likeness (QED) is 0.529. The minimum atomic E-state index is -3.72. The highest BCUT2D eigenvalue weighted by Gasteiger charge is 2.30. The fourth-order valence-electron chi connectivity index (χ4n) is 2.69. The minimum absolute atomic E-state index is 0.0136. The van der Waals surface area contributed by atoms with Crippen molar-refractivity contribution in [3.8, 4) is 5.75 Å². The average molecular weight is 404 g/mol. The van der Waals surface area contributed by atoms with E-state index in [4.69, 9.17) is 4.74 Å². The third kappa shape index (κ3) is 5.46. The van der Waals surface area contributed by atoms with Crippen molar-refractivity contribution in [1.82, 2.24) is 10.0 Å². The number of ether oxygens (including phenoxy) is 1. The molecule has 8 heteroatoms. The lowest BCUT2D eigenvalue weighted by Gasteiger charge is -2.12. The average Bonchev–Trinajstić information content (AvgIpc) is 3.51. The monoisotopic (exact) mass is 403 g/mol. The van der Waals surface area contributed by atoms with Gasteiger partial charge in [-0.25, -0.2) is 13.1 Å². The van der Waals surface area contributed by atoms with Gasteiger partial charge in [-0.05, 0) is 49.6 Å². The summed E-state index contributed by atoms with van der Waals surface area (Å²) in [6, 6.07) is 14.2. The van der Waals surface area contributed by atoms with Gasteiger partial charge in [-0.3, -0.25) is 4.79 Å². The molecule has 1 saturated carbocycles. The number of sulfonamides is 1. The molecular weight excluding hydrogens is 378 g/mol. The van der Waals surface area contributed by atoms with Gasteiger partial charge in [-0.15, -0.1) is 0 Å². The molecule has 0 radical (unpaired) electrons. The van der Waals surface area contributed by atoms with Crippen LogP contribution in [-0.2, 0) is 10.0 Å². The SMILES string of the molecule is COc1ccc(C(=O)NCCCNc2ccccc2)cc1S(=O)(=O)NC1CC1. The van der Waals surface area contributed by atoms with Gasteiger partial charge in [0.1, 0.15) is 10.6 Å². The van der Waals surface area contributed by atoms with Gasteiger partial charge >= 0.3 is 0 Å². The number of rotatable bonds is 10. The Bertz CT molecular complexity index is 912. The number of hydrogen-bond donors (Lipinski definition) is 3. The summed E-state index contributed by atoms with van der Waals surface area (Å²) >= 11 is 0. The van der Waals surface area contributed by atoms with Gasteiger partial charge in [-0.2, -0.15) is 0 Å². The van der Waals surface area contributed by atoms with Gasteiger partial charge in [0.15, 0.2) is 0 Å². The first kappa shape index (κ1) is 20.2. The van der Waals surface area contributed by atoms with Crippen LogP contribution in [0.15, 0.2) is 53.4 Å². The summed E-state index contributed by atoms with van der Waals surface area (Å²) in [6.07, 6.45) is 2.41. The lowest BCUT2D eigenvalue weighted by molar-refractivity contribution is 0.0953. The number of methoxy groups -OCH3 is 1. The molecule has 0 atom stereocenters. The van der Waals surface area contributed by atoms with E-state index in [0.717, 1.165) is 31.5 Å². The molecule has 3 N–H and O–H groups in total. The van der Waals surface area contributed by atoms with Crippen molar-refractivity contribution in [1.29, 1.82) is 0 Å². The Balaban J connectivity index is 1.56. The summed E-state index contributed by atoms with van der Waals surface area (Å²) in [5.74, 6) is -0.0954. The van der Waals surface area contributed by atoms with E-state index in [0.29, 0.717) is 6.54 Å². The maximum atomic E-state index is 12.5. The van der Waals surface area contributed by atoms with Gasteiger partial charge in [0.05, 0.1) is 7.11 Å². The molecule has 1 aliphatic rings. The second-order valence-corrected chi connectivity index (χ2v) is 8.35. The summed E-state index contributed by atoms with van der Waals surface area (Å²) in [5, 5.41) is 6.09. The van der Waals surface area contributed by atoms with Crippen LogP contribution in [0.25, 0.3) is 0 Å². The standard InChI is InChI=1S/C20H25N3O4S/c1-27-18-11-8-15(14-19(18)28(25,26)23-17-9-10-17)20(24)22-13-5-12-21-16-6-3-2-4-7-16/h2-4,6-8,11,14,17,21,23H,5,9-10,12-13H2,1H3,(H,22,24). The van der Waals surface area contributed by atoms with Gasteiger partial charge in [0.2, 0.25) is 10.0 Å². The first-order valence-electron chi connectivity index (χ1n) is 9.27. The second kappa shape index (κ2) is 9.07. The van der Waals surface area contributed by atoms with E-state index < -0.39 is 10.0 Å². The highest BCUT2D eigenvalue weighted by Crippen LogP contribution is 2.28. The van der Waals surface area contributed by atoms with Gasteiger partial charge in [0.25, 0.3) is 5.91 Å². The Morgan fingerprint density at radius 3 is 2.54 bits per heavy atom. The highest BCUT2D eigenvalue weighted by molar-refractivity contribution is 7.89. The molecule has 1 fully saturated rings. The zero-order valence-corrected chi connectivity index (χ0v) is 16.6. The molecule has 0 unspecified atom stereocenters. The number of benzene rings is 2. The van der Waals surface area contributed by atoms with E-state index in [-0.39, 0.29) is 28.2 Å². The van der Waals surface area contributed by atoms with Gasteiger partial charge < -0.3 is 15.4 Å². The number of amides is 1. The zero-order valence-electron chi connectivity index (χ0n) is 15.8. The van der Waals surface area contributed by atoms with Crippen LogP contribution in [-0.4, -0.2) is 40.6 Å². The van der Waals surface area contributed by atoms with Crippen LogP contribution in [0, 0.1) is 0 Å². The minimum Gasteiger partial charge on any atom is -0.495 e. The zero-order chi connectivity index (χ0) is 20.0. The Morgan fingerprint density at radius 1 is 1.11 bits per heavy atom. The molecular formula is C20H25N3O4S. The largest absolute Gasteiger partial charge is 0.495 e. The summed E-state index contributed by atoms with van der Waals surface area (Å²) in [5.41, 5.74) is 1.31. The van der Waals surface area contributed by atoms with Crippen molar-refractivity contribution in [2.45, 2.75) is 30.2 Å². The molecule has 0 spiro atoms. The Morgan fingerprint density at radius 2 is 1.86 bits per heavy atom. The molecule has 0 aromatic heterocycles. The topological polar surface area (TPSA) is 96.5 Å². The smallest absolute Gasteiger partial charge is 0.251 e. The van der Waals surface area contributed by atoms with Crippen LogP contribution in [0.2, 0.25) is 0 Å². The van der Waals surface area contributed by atoms with Crippen molar-refractivity contribution in [2.75, 3.05) is 25.5 Å². The molecule has 0 heterocycles. The normalized spacial score (nSPS) is 13.8. The Labute approximate surface area is 165 Å². The number of carbonyl (C=O) groups is 1. The molecule has 7 nitrogen and oxygen atoms in total. The molecule has 2 aromatic carbocycles. The number of para-hydroxylation sites is 1. The van der Waals surface area contributed by atoms with E-state index in [1.165, 1.54) is 19.2 Å². The van der Waals surface area contributed by atoms with E-state index >= 15 is 0 Å². The van der Waals surface area contributed by atoms with E-state index in [2.05, 4.69) is 15.4 Å². The molecule has 150 valence electrons. The number of hydrogen-bond acceptors (Lipinski definition) is 5. The number of carbonyl (C=O) groups excluding carboxylic acids is 1. The summed E-state index contributed by atoms with van der Waals surface area (Å²) in [6.45, 7) is 1.20. The maximum absolute atomic E-state index is 12.5. The lowest BCUT2D eigenvalue weighted by atomic mass is 10.2. The third-order valence-corrected chi connectivity index (χ3v) is 5.90. The molecule has 1 amide bonds. The molecule has 1 aliphatic carbocycles. The van der Waals surface area contributed by atoms with Crippen LogP contribution in [0.4, 0.5) is 5.69 Å². The Kier molecular flexibility index (Phi) is 6.53. The first-order valence-corrected chi connectivity index (χ1v) is 10.8. The summed E-state index contributed by atoms with van der Waals surface area (Å²) in [7, 11) is -2.31. The molecule has 0 saturated heterocycles. The fourth-order valence-corrected chi connectivity index (χ4v) is 4.19. The highest BCUT2D eigenvalue weighted by atomic mass is 32.2. The second-order valence-electron chi connectivity index (χ2n) is 6.66. The fraction of sp³-hybridized carbons (Fsp3) is 0.350. The summed E-state index contributed by atoms with van der Waals surface area (Å²) < 4.78 is 32.9. The van der Waals surface area contributed by atoms with E-state index in [1.807, 2.05) is 30.3 Å². The molecule has 28 heavy (non-hydrogen) atoms. The van der Waals surface area contributed by atoms with Gasteiger partial charge in [-0.1, -0.05) is 18.2 Å². The molecule has 0 aliphatic heterocycles. The molecule has 0 bridgehead atoms. The maximum Gasteiger partial charge on any atom is 0.251 e. The van der Waals surface area contributed by atoms with E-state index in [1.54, 1.807) is 6.07 Å². The van der Waals surface area contributed by atoms with E-state index in [9.17, 15) is 13.2 Å². The van der Waals surface area contributed by atoms with Crippen LogP contribution in [0.5, 0.6) is 5.75 Å². The van der Waals surface area contributed by atoms with Crippen molar-refractivity contribution in [2.24, 2.45) is 0 Å². The predicted molar refractivity (Wildman–Crippen MR) is 108 cm³/mol. The van der Waals surface area contributed by atoms with Crippen molar-refractivity contribution >= 4 is 21.6 Å². The first-order chi connectivity index (χ1) is 13.5. The Hall–Kier alpha value is -2.58. The van der Waals surface area contributed by atoms with Crippen LogP contribution >= 0.6 is 0 Å². The van der Waals surface area contributed by atoms with Gasteiger partial charge in [0, 0.05) is 30.4 Å². The number of anilines is 1. The molecule has 3 rings (SSSR count).